The number of rotatable bonds is 2. The molecule has 5 rings (SSSR count). The molecule has 0 saturated carbocycles. The van der Waals surface area contributed by atoms with Gasteiger partial charge >= 0.3 is 0 Å². The second-order valence-electron chi connectivity index (χ2n) is 7.17. The topological polar surface area (TPSA) is 12.5 Å². The van der Waals surface area contributed by atoms with Crippen LogP contribution in [0.1, 0.15) is 22.3 Å². The monoisotopic (exact) mass is 327 g/mol. The highest BCUT2D eigenvalue weighted by molar-refractivity contribution is 5.46. The molecule has 2 aliphatic heterocycles. The van der Waals surface area contributed by atoms with Gasteiger partial charge in [-0.25, -0.2) is 0 Å². The quantitative estimate of drug-likeness (QED) is 0.685. The van der Waals surface area contributed by atoms with Gasteiger partial charge in [0, 0.05) is 31.6 Å². The number of fused-ring (bicyclic) bond motifs is 3. The highest BCUT2D eigenvalue weighted by atomic mass is 16.5. The van der Waals surface area contributed by atoms with Crippen LogP contribution in [-0.2, 0) is 25.1 Å². The van der Waals surface area contributed by atoms with Crippen LogP contribution in [0.3, 0.4) is 0 Å². The smallest absolute Gasteiger partial charge is 0.151 e. The molecule has 2 heteroatoms. The Morgan fingerprint density at radius 1 is 0.800 bits per heavy atom. The van der Waals surface area contributed by atoms with Crippen molar-refractivity contribution in [2.24, 2.45) is 0 Å². The molecule has 0 fully saturated rings. The van der Waals surface area contributed by atoms with E-state index in [2.05, 4.69) is 83.8 Å². The summed E-state index contributed by atoms with van der Waals surface area (Å²) in [4.78, 5) is 2.52. The SMILES string of the molecule is c1ccc(CN2Cc3ccccc3C3(Cc4ccccc4O3)C2)cc1. The molecule has 0 saturated heterocycles. The molecule has 1 unspecified atom stereocenters. The summed E-state index contributed by atoms with van der Waals surface area (Å²) in [6.45, 7) is 2.86. The van der Waals surface area contributed by atoms with Gasteiger partial charge in [-0.3, -0.25) is 4.90 Å². The number of hydrogen-bond acceptors (Lipinski definition) is 2. The van der Waals surface area contributed by atoms with Crippen LogP contribution in [0.15, 0.2) is 78.9 Å². The molecule has 0 radical (unpaired) electrons. The minimum absolute atomic E-state index is 0.257. The lowest BCUT2D eigenvalue weighted by Gasteiger charge is -2.41. The van der Waals surface area contributed by atoms with Gasteiger partial charge < -0.3 is 4.74 Å². The number of hydrogen-bond donors (Lipinski definition) is 0. The number of para-hydroxylation sites is 1. The third-order valence-corrected chi connectivity index (χ3v) is 5.38. The first kappa shape index (κ1) is 14.7. The van der Waals surface area contributed by atoms with Gasteiger partial charge in [-0.2, -0.15) is 0 Å². The van der Waals surface area contributed by atoms with Crippen molar-refractivity contribution in [1.82, 2.24) is 4.90 Å². The van der Waals surface area contributed by atoms with E-state index < -0.39 is 0 Å². The predicted molar refractivity (Wildman–Crippen MR) is 99.5 cm³/mol. The van der Waals surface area contributed by atoms with Crippen LogP contribution in [-0.4, -0.2) is 11.4 Å². The molecular formula is C23H21NO. The number of benzene rings is 3. The summed E-state index contributed by atoms with van der Waals surface area (Å²) in [5.41, 5.74) is 5.16. The molecule has 0 N–H and O–H groups in total. The Labute approximate surface area is 148 Å². The largest absolute Gasteiger partial charge is 0.481 e. The molecule has 1 spiro atoms. The minimum atomic E-state index is -0.257. The van der Waals surface area contributed by atoms with E-state index in [0.29, 0.717) is 0 Å². The Hall–Kier alpha value is -2.58. The molecule has 0 amide bonds. The van der Waals surface area contributed by atoms with E-state index in [9.17, 15) is 0 Å². The molecule has 25 heavy (non-hydrogen) atoms. The van der Waals surface area contributed by atoms with Gasteiger partial charge in [0.05, 0.1) is 0 Å². The van der Waals surface area contributed by atoms with Crippen molar-refractivity contribution < 1.29 is 4.74 Å². The lowest BCUT2D eigenvalue weighted by atomic mass is 9.82. The molecule has 0 aliphatic carbocycles. The third kappa shape index (κ3) is 2.54. The maximum absolute atomic E-state index is 6.59. The Bertz CT molecular complexity index is 878. The van der Waals surface area contributed by atoms with Crippen molar-refractivity contribution >= 4 is 0 Å². The van der Waals surface area contributed by atoms with Crippen LogP contribution >= 0.6 is 0 Å². The van der Waals surface area contributed by atoms with Gasteiger partial charge in [-0.15, -0.1) is 0 Å². The summed E-state index contributed by atoms with van der Waals surface area (Å²) in [6.07, 6.45) is 0.950. The minimum Gasteiger partial charge on any atom is -0.481 e. The summed E-state index contributed by atoms with van der Waals surface area (Å²) in [6, 6.07) is 28.0. The first-order chi connectivity index (χ1) is 12.3. The van der Waals surface area contributed by atoms with Crippen LogP contribution in [0, 0.1) is 0 Å². The second kappa shape index (κ2) is 5.75. The fourth-order valence-electron chi connectivity index (χ4n) is 4.34. The van der Waals surface area contributed by atoms with Crippen molar-refractivity contribution in [2.45, 2.75) is 25.1 Å². The predicted octanol–water partition coefficient (Wildman–Crippen LogP) is 4.53. The van der Waals surface area contributed by atoms with Gasteiger partial charge in [-0.05, 0) is 22.8 Å². The summed E-state index contributed by atoms with van der Waals surface area (Å²) < 4.78 is 6.59. The van der Waals surface area contributed by atoms with Crippen LogP contribution < -0.4 is 4.74 Å². The zero-order chi connectivity index (χ0) is 16.7. The van der Waals surface area contributed by atoms with Crippen LogP contribution in [0.4, 0.5) is 0 Å². The molecular weight excluding hydrogens is 306 g/mol. The molecule has 2 aliphatic rings. The fraction of sp³-hybridized carbons (Fsp3) is 0.217. The van der Waals surface area contributed by atoms with Gasteiger partial charge in [0.1, 0.15) is 5.75 Å². The fourth-order valence-corrected chi connectivity index (χ4v) is 4.34. The third-order valence-electron chi connectivity index (χ3n) is 5.38. The first-order valence-corrected chi connectivity index (χ1v) is 8.94. The number of ether oxygens (including phenoxy) is 1. The highest BCUT2D eigenvalue weighted by Crippen LogP contribution is 2.45. The summed E-state index contributed by atoms with van der Waals surface area (Å²) in [7, 11) is 0. The Kier molecular flexibility index (Phi) is 3.39. The maximum Gasteiger partial charge on any atom is 0.151 e. The van der Waals surface area contributed by atoms with E-state index in [1.54, 1.807) is 0 Å². The lowest BCUT2D eigenvalue weighted by Crippen LogP contribution is -2.48. The molecule has 124 valence electrons. The Balaban J connectivity index is 1.52. The molecule has 3 aromatic rings. The Morgan fingerprint density at radius 3 is 2.36 bits per heavy atom. The summed E-state index contributed by atoms with van der Waals surface area (Å²) in [5, 5.41) is 0. The first-order valence-electron chi connectivity index (χ1n) is 8.94. The van der Waals surface area contributed by atoms with Crippen LogP contribution in [0.25, 0.3) is 0 Å². The Morgan fingerprint density at radius 2 is 1.52 bits per heavy atom. The van der Waals surface area contributed by atoms with E-state index in [4.69, 9.17) is 4.74 Å². The van der Waals surface area contributed by atoms with Crippen molar-refractivity contribution in [3.05, 3.63) is 101 Å². The van der Waals surface area contributed by atoms with Gasteiger partial charge in [0.2, 0.25) is 0 Å². The molecule has 0 bridgehead atoms. The summed E-state index contributed by atoms with van der Waals surface area (Å²) >= 11 is 0. The average molecular weight is 327 g/mol. The second-order valence-corrected chi connectivity index (χ2v) is 7.17. The van der Waals surface area contributed by atoms with E-state index in [1.165, 1.54) is 22.3 Å². The standard InChI is InChI=1S/C23H21NO/c1-2-8-18(9-3-1)15-24-16-20-11-4-6-12-21(20)23(17-24)14-19-10-5-7-13-22(19)25-23/h1-13H,14-17H2. The maximum atomic E-state index is 6.59. The van der Waals surface area contributed by atoms with E-state index in [0.717, 1.165) is 31.8 Å². The van der Waals surface area contributed by atoms with Crippen molar-refractivity contribution in [3.8, 4) is 5.75 Å². The van der Waals surface area contributed by atoms with Crippen LogP contribution in [0.2, 0.25) is 0 Å². The van der Waals surface area contributed by atoms with E-state index in [1.807, 2.05) is 0 Å². The van der Waals surface area contributed by atoms with Crippen molar-refractivity contribution in [3.63, 3.8) is 0 Å². The van der Waals surface area contributed by atoms with E-state index in [-0.39, 0.29) is 5.60 Å². The van der Waals surface area contributed by atoms with Gasteiger partial charge in [0.25, 0.3) is 0 Å². The van der Waals surface area contributed by atoms with Gasteiger partial charge in [0.15, 0.2) is 5.60 Å². The van der Waals surface area contributed by atoms with E-state index >= 15 is 0 Å². The van der Waals surface area contributed by atoms with Crippen LogP contribution in [0.5, 0.6) is 5.75 Å². The average Bonchev–Trinajstić information content (AvgIpc) is 3.01. The zero-order valence-electron chi connectivity index (χ0n) is 14.2. The van der Waals surface area contributed by atoms with Crippen molar-refractivity contribution in [1.29, 1.82) is 0 Å². The van der Waals surface area contributed by atoms with Gasteiger partial charge in [-0.1, -0.05) is 72.8 Å². The molecule has 0 aromatic heterocycles. The molecule has 2 nitrogen and oxygen atoms in total. The lowest BCUT2D eigenvalue weighted by molar-refractivity contribution is 0.0224. The number of nitrogens with zero attached hydrogens (tertiary/aromatic N) is 1. The molecule has 1 atom stereocenters. The highest BCUT2D eigenvalue weighted by Gasteiger charge is 2.46. The zero-order valence-corrected chi connectivity index (χ0v) is 14.2. The normalized spacial score (nSPS) is 21.6. The molecule has 3 aromatic carbocycles. The summed E-state index contributed by atoms with van der Waals surface area (Å²) in [5.74, 6) is 1.04. The molecule has 2 heterocycles. The van der Waals surface area contributed by atoms with Crippen molar-refractivity contribution in [2.75, 3.05) is 6.54 Å².